The molecule has 0 saturated heterocycles. The van der Waals surface area contributed by atoms with Gasteiger partial charge >= 0.3 is 5.97 Å². The number of rotatable bonds is 5. The van der Waals surface area contributed by atoms with E-state index in [1.165, 1.54) is 6.20 Å². The molecule has 1 amide bonds. The van der Waals surface area contributed by atoms with E-state index in [4.69, 9.17) is 10.8 Å². The van der Waals surface area contributed by atoms with E-state index in [1.807, 2.05) is 0 Å². The van der Waals surface area contributed by atoms with Crippen molar-refractivity contribution in [2.75, 3.05) is 5.32 Å². The number of hydrogen-bond acceptors (Lipinski definition) is 5. The summed E-state index contributed by atoms with van der Waals surface area (Å²) >= 11 is 0. The highest BCUT2D eigenvalue weighted by molar-refractivity contribution is 5.88. The highest BCUT2D eigenvalue weighted by Crippen LogP contribution is 2.15. The summed E-state index contributed by atoms with van der Waals surface area (Å²) in [7, 11) is 0. The van der Waals surface area contributed by atoms with Crippen LogP contribution in [-0.4, -0.2) is 32.5 Å². The van der Waals surface area contributed by atoms with E-state index in [9.17, 15) is 9.59 Å². The van der Waals surface area contributed by atoms with E-state index in [-0.39, 0.29) is 17.9 Å². The summed E-state index contributed by atoms with van der Waals surface area (Å²) in [5.41, 5.74) is 4.94. The summed E-state index contributed by atoms with van der Waals surface area (Å²) in [6.07, 6.45) is 1.35. The maximum atomic E-state index is 10.9. The van der Waals surface area contributed by atoms with Crippen LogP contribution in [0.3, 0.4) is 0 Å². The predicted octanol–water partition coefficient (Wildman–Crippen LogP) is 0.549. The molecule has 0 saturated carbocycles. The third-order valence-electron chi connectivity index (χ3n) is 2.28. The Balaban J connectivity index is 2.89. The maximum Gasteiger partial charge on any atom is 0.339 e. The number of aromatic carboxylic acids is 1. The molecule has 0 spiro atoms. The molecule has 0 radical (unpaired) electrons. The zero-order valence-electron chi connectivity index (χ0n) is 10.5. The largest absolute Gasteiger partial charge is 0.478 e. The monoisotopic (exact) mass is 252 g/mol. The summed E-state index contributed by atoms with van der Waals surface area (Å²) in [6, 6.07) is 0. The van der Waals surface area contributed by atoms with Crippen molar-refractivity contribution in [1.82, 2.24) is 9.97 Å². The van der Waals surface area contributed by atoms with Crippen molar-refractivity contribution in [2.45, 2.75) is 32.7 Å². The lowest BCUT2D eigenvalue weighted by Gasteiger charge is -2.24. The number of carbonyl (C=O) groups is 2. The van der Waals surface area contributed by atoms with Crippen molar-refractivity contribution >= 4 is 17.8 Å². The third kappa shape index (κ3) is 3.69. The van der Waals surface area contributed by atoms with Gasteiger partial charge in [-0.15, -0.1) is 0 Å². The first-order chi connectivity index (χ1) is 8.21. The molecule has 1 heterocycles. The fraction of sp³-hybridized carbons (Fsp3) is 0.455. The third-order valence-corrected chi connectivity index (χ3v) is 2.28. The SMILES string of the molecule is Cc1nc(NC(C)(C)CC(N)=O)ncc1C(=O)O. The van der Waals surface area contributed by atoms with E-state index in [0.29, 0.717) is 5.69 Å². The van der Waals surface area contributed by atoms with Crippen molar-refractivity contribution in [3.05, 3.63) is 17.5 Å². The summed E-state index contributed by atoms with van der Waals surface area (Å²) < 4.78 is 0. The fourth-order valence-electron chi connectivity index (χ4n) is 1.52. The van der Waals surface area contributed by atoms with Crippen molar-refractivity contribution in [2.24, 2.45) is 5.73 Å². The number of nitrogens with zero attached hydrogens (tertiary/aromatic N) is 2. The second kappa shape index (κ2) is 4.99. The first kappa shape index (κ1) is 13.9. The second-order valence-electron chi connectivity index (χ2n) is 4.65. The Kier molecular flexibility index (Phi) is 3.85. The molecule has 98 valence electrons. The van der Waals surface area contributed by atoms with Crippen LogP contribution >= 0.6 is 0 Å². The van der Waals surface area contributed by atoms with Crippen molar-refractivity contribution < 1.29 is 14.7 Å². The van der Waals surface area contributed by atoms with Crippen LogP contribution in [0.1, 0.15) is 36.3 Å². The molecule has 0 bridgehead atoms. The number of nitrogens with two attached hydrogens (primary N) is 1. The molecule has 0 unspecified atom stereocenters. The molecule has 0 atom stereocenters. The Labute approximate surface area is 104 Å². The van der Waals surface area contributed by atoms with Crippen molar-refractivity contribution in [3.8, 4) is 0 Å². The summed E-state index contributed by atoms with van der Waals surface area (Å²) in [5.74, 6) is -1.24. The molecule has 0 aliphatic rings. The number of primary amides is 1. The van der Waals surface area contributed by atoms with E-state index in [2.05, 4.69) is 15.3 Å². The Hall–Kier alpha value is -2.18. The van der Waals surface area contributed by atoms with Crippen LogP contribution in [0.15, 0.2) is 6.20 Å². The van der Waals surface area contributed by atoms with Gasteiger partial charge in [-0.25, -0.2) is 14.8 Å². The summed E-state index contributed by atoms with van der Waals surface area (Å²) in [5, 5.41) is 11.8. The summed E-state index contributed by atoms with van der Waals surface area (Å²) in [6.45, 7) is 5.14. The van der Waals surface area contributed by atoms with Crippen LogP contribution in [-0.2, 0) is 4.79 Å². The molecule has 0 fully saturated rings. The zero-order chi connectivity index (χ0) is 13.9. The first-order valence-electron chi connectivity index (χ1n) is 5.35. The van der Waals surface area contributed by atoms with Crippen LogP contribution in [0, 0.1) is 6.92 Å². The van der Waals surface area contributed by atoms with Crippen LogP contribution in [0.4, 0.5) is 5.95 Å². The van der Waals surface area contributed by atoms with Gasteiger partial charge in [0.15, 0.2) is 0 Å². The quantitative estimate of drug-likeness (QED) is 0.704. The molecule has 0 aliphatic heterocycles. The average Bonchev–Trinajstić information content (AvgIpc) is 2.13. The normalized spacial score (nSPS) is 11.1. The Morgan fingerprint density at radius 3 is 2.56 bits per heavy atom. The zero-order valence-corrected chi connectivity index (χ0v) is 10.5. The standard InChI is InChI=1S/C11H16N4O3/c1-6-7(9(17)18)5-13-10(14-6)15-11(2,3)4-8(12)16/h5H,4H2,1-3H3,(H2,12,16)(H,17,18)(H,13,14,15). The highest BCUT2D eigenvalue weighted by Gasteiger charge is 2.22. The predicted molar refractivity (Wildman–Crippen MR) is 65.2 cm³/mol. The number of amides is 1. The number of hydrogen-bond donors (Lipinski definition) is 3. The van der Waals surface area contributed by atoms with E-state index >= 15 is 0 Å². The van der Waals surface area contributed by atoms with Gasteiger partial charge in [0.25, 0.3) is 0 Å². The van der Waals surface area contributed by atoms with Gasteiger partial charge in [-0.1, -0.05) is 0 Å². The molecular formula is C11H16N4O3. The number of nitrogens with one attached hydrogen (secondary N) is 1. The minimum atomic E-state index is -1.07. The van der Waals surface area contributed by atoms with Gasteiger partial charge in [-0.05, 0) is 20.8 Å². The summed E-state index contributed by atoms with van der Waals surface area (Å²) in [4.78, 5) is 29.6. The smallest absolute Gasteiger partial charge is 0.339 e. The lowest BCUT2D eigenvalue weighted by molar-refractivity contribution is -0.118. The fourth-order valence-corrected chi connectivity index (χ4v) is 1.52. The first-order valence-corrected chi connectivity index (χ1v) is 5.35. The molecule has 4 N–H and O–H groups in total. The number of aromatic nitrogens is 2. The molecule has 0 aromatic carbocycles. The Morgan fingerprint density at radius 2 is 2.11 bits per heavy atom. The number of carboxylic acids is 1. The Morgan fingerprint density at radius 1 is 1.50 bits per heavy atom. The second-order valence-corrected chi connectivity index (χ2v) is 4.65. The van der Waals surface area contributed by atoms with Crippen LogP contribution in [0.5, 0.6) is 0 Å². The number of anilines is 1. The number of carboxylic acid groups (broad SMARTS) is 1. The molecule has 7 heteroatoms. The molecule has 7 nitrogen and oxygen atoms in total. The molecule has 1 aromatic heterocycles. The minimum absolute atomic E-state index is 0.0493. The van der Waals surface area contributed by atoms with Crippen LogP contribution < -0.4 is 11.1 Å². The van der Waals surface area contributed by atoms with Gasteiger partial charge < -0.3 is 16.2 Å². The van der Waals surface area contributed by atoms with Crippen molar-refractivity contribution in [1.29, 1.82) is 0 Å². The molecule has 0 aliphatic carbocycles. The lowest BCUT2D eigenvalue weighted by Crippen LogP contribution is -2.36. The van der Waals surface area contributed by atoms with Crippen molar-refractivity contribution in [3.63, 3.8) is 0 Å². The van der Waals surface area contributed by atoms with Gasteiger partial charge in [-0.3, -0.25) is 4.79 Å². The molecule has 18 heavy (non-hydrogen) atoms. The Bertz CT molecular complexity index is 485. The molecule has 1 rings (SSSR count). The number of carbonyl (C=O) groups excluding carboxylic acids is 1. The van der Waals surface area contributed by atoms with Gasteiger partial charge in [0.05, 0.1) is 11.3 Å². The topological polar surface area (TPSA) is 118 Å². The highest BCUT2D eigenvalue weighted by atomic mass is 16.4. The van der Waals surface area contributed by atoms with E-state index in [1.54, 1.807) is 20.8 Å². The van der Waals surface area contributed by atoms with Gasteiger partial charge in [0, 0.05) is 18.2 Å². The van der Waals surface area contributed by atoms with E-state index in [0.717, 1.165) is 0 Å². The van der Waals surface area contributed by atoms with Gasteiger partial charge in [0.2, 0.25) is 11.9 Å². The van der Waals surface area contributed by atoms with Crippen LogP contribution in [0.2, 0.25) is 0 Å². The van der Waals surface area contributed by atoms with Gasteiger partial charge in [0.1, 0.15) is 0 Å². The minimum Gasteiger partial charge on any atom is -0.478 e. The maximum absolute atomic E-state index is 10.9. The lowest BCUT2D eigenvalue weighted by atomic mass is 10.0. The number of aryl methyl sites for hydroxylation is 1. The van der Waals surface area contributed by atoms with E-state index < -0.39 is 17.4 Å². The molecular weight excluding hydrogens is 236 g/mol. The van der Waals surface area contributed by atoms with Crippen LogP contribution in [0.25, 0.3) is 0 Å². The average molecular weight is 252 g/mol. The molecule has 1 aromatic rings. The van der Waals surface area contributed by atoms with Gasteiger partial charge in [-0.2, -0.15) is 0 Å².